The van der Waals surface area contributed by atoms with Gasteiger partial charge in [-0.15, -0.1) is 0 Å². The van der Waals surface area contributed by atoms with Crippen molar-refractivity contribution in [3.63, 3.8) is 0 Å². The largest absolute Gasteiger partial charge is 0.495 e. The van der Waals surface area contributed by atoms with E-state index in [-0.39, 0.29) is 17.7 Å². The van der Waals surface area contributed by atoms with Crippen LogP contribution in [0.15, 0.2) is 59.5 Å². The molecule has 0 saturated carbocycles. The Hall–Kier alpha value is -2.96. The van der Waals surface area contributed by atoms with Crippen LogP contribution in [-0.2, 0) is 11.3 Å². The molecule has 31 heavy (non-hydrogen) atoms. The van der Waals surface area contributed by atoms with Gasteiger partial charge in [-0.05, 0) is 67.1 Å². The van der Waals surface area contributed by atoms with Gasteiger partial charge in [-0.25, -0.2) is 0 Å². The molecule has 1 aliphatic heterocycles. The molecule has 0 atom stereocenters. The van der Waals surface area contributed by atoms with Crippen LogP contribution in [0, 0.1) is 13.8 Å². The van der Waals surface area contributed by atoms with E-state index >= 15 is 0 Å². The third-order valence-electron chi connectivity index (χ3n) is 5.24. The number of aryl methyl sites for hydroxylation is 1. The number of benzene rings is 2. The molecule has 2 aromatic carbocycles. The quantitative estimate of drug-likeness (QED) is 0.446. The molecule has 1 aliphatic rings. The third-order valence-corrected chi connectivity index (χ3v) is 6.52. The minimum absolute atomic E-state index is 0.155. The Morgan fingerprint density at radius 2 is 1.77 bits per heavy atom. The summed E-state index contributed by atoms with van der Waals surface area (Å²) >= 11 is 7.15. The number of halogens is 1. The number of hydrogen-bond acceptors (Lipinski definition) is 4. The maximum atomic E-state index is 13.0. The van der Waals surface area contributed by atoms with E-state index in [1.165, 1.54) is 4.90 Å². The number of thioether (sulfide) groups is 1. The highest BCUT2D eigenvalue weighted by atomic mass is 35.5. The normalized spacial score (nSPS) is 15.2. The third kappa shape index (κ3) is 4.01. The van der Waals surface area contributed by atoms with Gasteiger partial charge in [0, 0.05) is 16.4 Å². The van der Waals surface area contributed by atoms with Crippen molar-refractivity contribution in [3.05, 3.63) is 87.0 Å². The van der Waals surface area contributed by atoms with E-state index in [2.05, 4.69) is 4.57 Å². The van der Waals surface area contributed by atoms with Crippen LogP contribution in [0.4, 0.5) is 4.79 Å². The van der Waals surface area contributed by atoms with Gasteiger partial charge in [-0.2, -0.15) is 0 Å². The summed E-state index contributed by atoms with van der Waals surface area (Å²) in [6.45, 7) is 4.14. The molecule has 3 aromatic rings. The van der Waals surface area contributed by atoms with E-state index in [0.717, 1.165) is 45.7 Å². The molecule has 0 spiro atoms. The Labute approximate surface area is 190 Å². The summed E-state index contributed by atoms with van der Waals surface area (Å²) in [5, 5.41) is 0.237. The van der Waals surface area contributed by atoms with Crippen molar-refractivity contribution in [1.82, 2.24) is 9.47 Å². The Balaban J connectivity index is 1.66. The van der Waals surface area contributed by atoms with E-state index in [9.17, 15) is 9.59 Å². The van der Waals surface area contributed by atoms with E-state index in [0.29, 0.717) is 9.93 Å². The number of rotatable bonds is 5. The van der Waals surface area contributed by atoms with Crippen LogP contribution >= 0.6 is 23.4 Å². The Morgan fingerprint density at radius 3 is 2.52 bits per heavy atom. The Morgan fingerprint density at radius 1 is 1.06 bits per heavy atom. The van der Waals surface area contributed by atoms with Crippen molar-refractivity contribution in [1.29, 1.82) is 0 Å². The average molecular weight is 453 g/mol. The van der Waals surface area contributed by atoms with Crippen molar-refractivity contribution < 1.29 is 14.3 Å². The fraction of sp³-hybridized carbons (Fsp3) is 0.167. The van der Waals surface area contributed by atoms with Gasteiger partial charge in [-0.3, -0.25) is 14.5 Å². The summed E-state index contributed by atoms with van der Waals surface area (Å²) in [5.74, 6) is 0.452. The molecule has 2 amide bonds. The molecule has 4 rings (SSSR count). The Kier molecular flexibility index (Phi) is 5.94. The zero-order chi connectivity index (χ0) is 22.1. The molecular formula is C24H21ClN2O3S. The number of para-hydroxylation sites is 2. The lowest BCUT2D eigenvalue weighted by molar-refractivity contribution is -0.123. The second kappa shape index (κ2) is 8.65. The lowest BCUT2D eigenvalue weighted by Crippen LogP contribution is -2.27. The van der Waals surface area contributed by atoms with Gasteiger partial charge < -0.3 is 9.30 Å². The average Bonchev–Trinajstić information content (AvgIpc) is 3.18. The lowest BCUT2D eigenvalue weighted by atomic mass is 10.2. The number of methoxy groups -OCH3 is 1. The van der Waals surface area contributed by atoms with Crippen molar-refractivity contribution in [3.8, 4) is 11.4 Å². The molecule has 5 nitrogen and oxygen atoms in total. The van der Waals surface area contributed by atoms with Gasteiger partial charge in [0.15, 0.2) is 0 Å². The SMILES string of the molecule is COc1ccccc1-n1c(C)cc(/C=C2\SC(=O)N(Cc3ccccc3Cl)C2=O)c1C. The van der Waals surface area contributed by atoms with Gasteiger partial charge in [0.1, 0.15) is 5.75 Å². The molecule has 1 fully saturated rings. The van der Waals surface area contributed by atoms with Crippen molar-refractivity contribution in [2.24, 2.45) is 0 Å². The van der Waals surface area contributed by atoms with E-state index in [1.807, 2.05) is 62.4 Å². The molecule has 0 radical (unpaired) electrons. The van der Waals surface area contributed by atoms with Gasteiger partial charge in [0.2, 0.25) is 0 Å². The fourth-order valence-corrected chi connectivity index (χ4v) is 4.72. The minimum atomic E-state index is -0.308. The fourth-order valence-electron chi connectivity index (χ4n) is 3.69. The topological polar surface area (TPSA) is 51.5 Å². The van der Waals surface area contributed by atoms with Gasteiger partial charge >= 0.3 is 0 Å². The van der Waals surface area contributed by atoms with Crippen LogP contribution in [0.25, 0.3) is 11.8 Å². The van der Waals surface area contributed by atoms with Crippen LogP contribution in [-0.4, -0.2) is 27.7 Å². The van der Waals surface area contributed by atoms with Crippen molar-refractivity contribution >= 4 is 40.6 Å². The number of ether oxygens (including phenoxy) is 1. The standard InChI is InChI=1S/C24H21ClN2O3S/c1-15-12-18(16(2)27(15)20-10-6-7-11-21(20)30-3)13-22-23(28)26(24(29)31-22)14-17-8-4-5-9-19(17)25/h4-13H,14H2,1-3H3/b22-13-. The molecule has 0 unspecified atom stereocenters. The van der Waals surface area contributed by atoms with Gasteiger partial charge in [0.25, 0.3) is 11.1 Å². The summed E-state index contributed by atoms with van der Waals surface area (Å²) in [7, 11) is 1.64. The number of carbonyl (C=O) groups is 2. The summed E-state index contributed by atoms with van der Waals surface area (Å²) in [6.07, 6.45) is 1.78. The molecule has 1 aromatic heterocycles. The molecule has 0 aliphatic carbocycles. The van der Waals surface area contributed by atoms with E-state index in [4.69, 9.17) is 16.3 Å². The highest BCUT2D eigenvalue weighted by molar-refractivity contribution is 8.18. The predicted octanol–water partition coefficient (Wildman–Crippen LogP) is 5.99. The molecule has 158 valence electrons. The highest BCUT2D eigenvalue weighted by Gasteiger charge is 2.35. The Bertz CT molecular complexity index is 1220. The summed E-state index contributed by atoms with van der Waals surface area (Å²) < 4.78 is 7.59. The minimum Gasteiger partial charge on any atom is -0.495 e. The summed E-state index contributed by atoms with van der Waals surface area (Å²) in [6, 6.07) is 17.0. The molecule has 7 heteroatoms. The van der Waals surface area contributed by atoms with Crippen molar-refractivity contribution in [2.75, 3.05) is 7.11 Å². The summed E-state index contributed by atoms with van der Waals surface area (Å²) in [4.78, 5) is 27.1. The monoisotopic (exact) mass is 452 g/mol. The second-order valence-corrected chi connectivity index (χ2v) is 8.59. The van der Waals surface area contributed by atoms with E-state index in [1.54, 1.807) is 19.3 Å². The van der Waals surface area contributed by atoms with Crippen LogP contribution in [0.2, 0.25) is 5.02 Å². The number of carbonyl (C=O) groups excluding carboxylic acids is 2. The number of imide groups is 1. The summed E-state index contributed by atoms with van der Waals surface area (Å²) in [5.41, 5.74) is 4.50. The first-order valence-electron chi connectivity index (χ1n) is 9.72. The molecule has 0 bridgehead atoms. The van der Waals surface area contributed by atoms with Crippen molar-refractivity contribution in [2.45, 2.75) is 20.4 Å². The lowest BCUT2D eigenvalue weighted by Gasteiger charge is -2.14. The van der Waals surface area contributed by atoms with E-state index < -0.39 is 0 Å². The number of nitrogens with zero attached hydrogens (tertiary/aromatic N) is 2. The number of hydrogen-bond donors (Lipinski definition) is 0. The van der Waals surface area contributed by atoms with Crippen LogP contribution < -0.4 is 4.74 Å². The van der Waals surface area contributed by atoms with Crippen LogP contribution in [0.3, 0.4) is 0 Å². The molecular weight excluding hydrogens is 432 g/mol. The zero-order valence-electron chi connectivity index (χ0n) is 17.4. The maximum absolute atomic E-state index is 13.0. The highest BCUT2D eigenvalue weighted by Crippen LogP contribution is 2.36. The van der Waals surface area contributed by atoms with Crippen LogP contribution in [0.1, 0.15) is 22.5 Å². The van der Waals surface area contributed by atoms with Gasteiger partial charge in [0.05, 0.1) is 24.2 Å². The first-order chi connectivity index (χ1) is 14.9. The zero-order valence-corrected chi connectivity index (χ0v) is 19.0. The van der Waals surface area contributed by atoms with Gasteiger partial charge in [-0.1, -0.05) is 41.9 Å². The second-order valence-electron chi connectivity index (χ2n) is 7.19. The predicted molar refractivity (Wildman–Crippen MR) is 125 cm³/mol. The smallest absolute Gasteiger partial charge is 0.293 e. The molecule has 2 heterocycles. The molecule has 0 N–H and O–H groups in total. The molecule has 1 saturated heterocycles. The van der Waals surface area contributed by atoms with Crippen LogP contribution in [0.5, 0.6) is 5.75 Å². The maximum Gasteiger partial charge on any atom is 0.293 e. The first kappa shape index (κ1) is 21.3. The first-order valence-corrected chi connectivity index (χ1v) is 10.9. The number of amides is 2. The number of aromatic nitrogens is 1.